The molecule has 1 saturated heterocycles. The topological polar surface area (TPSA) is 113 Å². The number of carbonyl (C=O) groups excluding carboxylic acids is 5. The van der Waals surface area contributed by atoms with Crippen LogP contribution in [0.5, 0.6) is 5.75 Å². The average Bonchev–Trinajstić information content (AvgIpc) is 2.93. The first-order valence-corrected chi connectivity index (χ1v) is 10.5. The van der Waals surface area contributed by atoms with Gasteiger partial charge in [-0.3, -0.25) is 34.3 Å². The molecule has 1 aromatic rings. The number of ether oxygens (including phenoxy) is 1. The summed E-state index contributed by atoms with van der Waals surface area (Å²) in [5, 5.41) is 2.18. The Bertz CT molecular complexity index is 953. The van der Waals surface area contributed by atoms with Crippen molar-refractivity contribution >= 4 is 29.9 Å². The first kappa shape index (κ1) is 21.2. The lowest BCUT2D eigenvalue weighted by Crippen LogP contribution is -2.54. The summed E-state index contributed by atoms with van der Waals surface area (Å²) in [6.45, 7) is 4.49. The third kappa shape index (κ3) is 3.85. The van der Waals surface area contributed by atoms with Crippen molar-refractivity contribution in [3.63, 3.8) is 0 Å². The van der Waals surface area contributed by atoms with Gasteiger partial charge in [0.25, 0.3) is 11.8 Å². The van der Waals surface area contributed by atoms with Gasteiger partial charge < -0.3 is 9.53 Å². The first-order valence-electron chi connectivity index (χ1n) is 10.5. The van der Waals surface area contributed by atoms with Crippen LogP contribution < -0.4 is 10.1 Å². The van der Waals surface area contributed by atoms with E-state index in [-0.39, 0.29) is 42.2 Å². The summed E-state index contributed by atoms with van der Waals surface area (Å²) in [6.07, 6.45) is 2.63. The highest BCUT2D eigenvalue weighted by Gasteiger charge is 2.45. The van der Waals surface area contributed by atoms with Crippen LogP contribution in [0.15, 0.2) is 18.2 Å². The lowest BCUT2D eigenvalue weighted by molar-refractivity contribution is -0.136. The van der Waals surface area contributed by atoms with Crippen molar-refractivity contribution in [3.05, 3.63) is 29.3 Å². The SMILES string of the molecule is CC(C)N(CC=O)C1CC(Oc2ccc3c(c2)C(=O)N(C2CCC(=O)NC2=O)C3=O)C1. The van der Waals surface area contributed by atoms with Crippen LogP contribution in [-0.4, -0.2) is 70.5 Å². The molecular formula is C22H25N3O6. The molecule has 1 aliphatic carbocycles. The Hall–Kier alpha value is -3.07. The fourth-order valence-corrected chi connectivity index (χ4v) is 4.49. The molecule has 1 N–H and O–H groups in total. The number of imide groups is 2. The van der Waals surface area contributed by atoms with Crippen molar-refractivity contribution in [2.45, 2.75) is 63.8 Å². The maximum Gasteiger partial charge on any atom is 0.262 e. The third-order valence-corrected chi connectivity index (χ3v) is 6.20. The fourth-order valence-electron chi connectivity index (χ4n) is 4.49. The number of benzene rings is 1. The number of hydrogen-bond donors (Lipinski definition) is 1. The number of amides is 4. The molecule has 9 heteroatoms. The van der Waals surface area contributed by atoms with Gasteiger partial charge in [0.1, 0.15) is 24.2 Å². The minimum atomic E-state index is -0.985. The second-order valence-electron chi connectivity index (χ2n) is 8.48. The van der Waals surface area contributed by atoms with Crippen LogP contribution in [0.25, 0.3) is 0 Å². The summed E-state index contributed by atoms with van der Waals surface area (Å²) in [6, 6.07) is 4.28. The van der Waals surface area contributed by atoms with E-state index in [1.54, 1.807) is 18.2 Å². The van der Waals surface area contributed by atoms with Crippen LogP contribution in [0, 0.1) is 0 Å². The van der Waals surface area contributed by atoms with Crippen LogP contribution in [0.4, 0.5) is 0 Å². The number of nitrogens with one attached hydrogen (secondary N) is 1. The number of carbonyl (C=O) groups is 5. The highest BCUT2D eigenvalue weighted by molar-refractivity contribution is 6.23. The molecule has 2 aliphatic heterocycles. The maximum absolute atomic E-state index is 12.9. The quantitative estimate of drug-likeness (QED) is 0.508. The molecule has 1 atom stereocenters. The van der Waals surface area contributed by atoms with Crippen molar-refractivity contribution < 1.29 is 28.7 Å². The summed E-state index contributed by atoms with van der Waals surface area (Å²) in [5.41, 5.74) is 0.429. The molecule has 1 aromatic carbocycles. The van der Waals surface area contributed by atoms with Crippen molar-refractivity contribution in [2.24, 2.45) is 0 Å². The van der Waals surface area contributed by atoms with Crippen LogP contribution in [0.2, 0.25) is 0 Å². The Balaban J connectivity index is 1.43. The minimum Gasteiger partial charge on any atom is -0.490 e. The van der Waals surface area contributed by atoms with E-state index in [2.05, 4.69) is 24.1 Å². The smallest absolute Gasteiger partial charge is 0.262 e. The van der Waals surface area contributed by atoms with Gasteiger partial charge in [-0.1, -0.05) is 0 Å². The Morgan fingerprint density at radius 3 is 2.52 bits per heavy atom. The van der Waals surface area contributed by atoms with E-state index in [1.165, 1.54) is 0 Å². The predicted octanol–water partition coefficient (Wildman–Crippen LogP) is 0.907. The molecule has 164 valence electrons. The first-order chi connectivity index (χ1) is 14.8. The molecule has 31 heavy (non-hydrogen) atoms. The van der Waals surface area contributed by atoms with E-state index in [1.807, 2.05) is 0 Å². The number of aldehydes is 1. The van der Waals surface area contributed by atoms with E-state index in [0.717, 1.165) is 24.0 Å². The number of fused-ring (bicyclic) bond motifs is 1. The Morgan fingerprint density at radius 2 is 1.87 bits per heavy atom. The highest BCUT2D eigenvalue weighted by atomic mass is 16.5. The number of hydrogen-bond acceptors (Lipinski definition) is 7. The molecule has 4 rings (SSSR count). The van der Waals surface area contributed by atoms with Crippen LogP contribution in [-0.2, 0) is 14.4 Å². The number of rotatable bonds is 7. The lowest BCUT2D eigenvalue weighted by atomic mass is 9.87. The zero-order valence-corrected chi connectivity index (χ0v) is 17.5. The summed E-state index contributed by atoms with van der Waals surface area (Å²) in [4.78, 5) is 63.1. The van der Waals surface area contributed by atoms with Gasteiger partial charge in [-0.25, -0.2) is 0 Å². The van der Waals surface area contributed by atoms with E-state index in [0.29, 0.717) is 12.3 Å². The molecule has 0 radical (unpaired) electrons. The standard InChI is InChI=1S/C22H25N3O6/c1-12(2)24(7-8-26)13-9-15(10-13)31-14-3-4-16-17(11-14)22(30)25(21(16)29)18-5-6-19(27)23-20(18)28/h3-4,8,11-13,15,18H,5-7,9-10H2,1-2H3,(H,23,27,28). The summed E-state index contributed by atoms with van der Waals surface area (Å²) in [7, 11) is 0. The molecule has 2 fully saturated rings. The van der Waals surface area contributed by atoms with Crippen molar-refractivity contribution in [1.29, 1.82) is 0 Å². The van der Waals surface area contributed by atoms with Gasteiger partial charge in [0.05, 0.1) is 17.7 Å². The Kier molecular flexibility index (Phi) is 5.62. The molecule has 1 saturated carbocycles. The lowest BCUT2D eigenvalue weighted by Gasteiger charge is -2.43. The van der Waals surface area contributed by atoms with Crippen LogP contribution in [0.1, 0.15) is 60.2 Å². The van der Waals surface area contributed by atoms with Gasteiger partial charge in [-0.15, -0.1) is 0 Å². The zero-order valence-electron chi connectivity index (χ0n) is 17.5. The predicted molar refractivity (Wildman–Crippen MR) is 108 cm³/mol. The highest BCUT2D eigenvalue weighted by Crippen LogP contribution is 2.34. The van der Waals surface area contributed by atoms with Gasteiger partial charge in [-0.05, 0) is 38.5 Å². The molecule has 0 bridgehead atoms. The van der Waals surface area contributed by atoms with E-state index in [4.69, 9.17) is 4.74 Å². The van der Waals surface area contributed by atoms with Gasteiger partial charge in [-0.2, -0.15) is 0 Å². The van der Waals surface area contributed by atoms with Crippen LogP contribution in [0.3, 0.4) is 0 Å². The van der Waals surface area contributed by atoms with E-state index >= 15 is 0 Å². The second-order valence-corrected chi connectivity index (χ2v) is 8.48. The van der Waals surface area contributed by atoms with Gasteiger partial charge in [0.2, 0.25) is 11.8 Å². The van der Waals surface area contributed by atoms with Gasteiger partial charge in [0.15, 0.2) is 0 Å². The normalized spacial score (nSPS) is 25.5. The van der Waals surface area contributed by atoms with Crippen LogP contribution >= 0.6 is 0 Å². The number of nitrogens with zero attached hydrogens (tertiary/aromatic N) is 2. The Labute approximate surface area is 179 Å². The van der Waals surface area contributed by atoms with Gasteiger partial charge in [0, 0.05) is 31.3 Å². The second kappa shape index (κ2) is 8.22. The molecule has 9 nitrogen and oxygen atoms in total. The molecule has 3 aliphatic rings. The molecule has 0 aromatic heterocycles. The van der Waals surface area contributed by atoms with Crippen molar-refractivity contribution in [1.82, 2.24) is 15.1 Å². The van der Waals surface area contributed by atoms with Crippen molar-refractivity contribution in [3.8, 4) is 5.75 Å². The molecule has 1 unspecified atom stereocenters. The van der Waals surface area contributed by atoms with Gasteiger partial charge >= 0.3 is 0 Å². The van der Waals surface area contributed by atoms with Crippen molar-refractivity contribution in [2.75, 3.05) is 6.54 Å². The fraction of sp³-hybridized carbons (Fsp3) is 0.500. The molecule has 0 spiro atoms. The molecular weight excluding hydrogens is 402 g/mol. The molecule has 2 heterocycles. The average molecular weight is 427 g/mol. The zero-order chi connectivity index (χ0) is 22.3. The summed E-state index contributed by atoms with van der Waals surface area (Å²) < 4.78 is 5.99. The number of piperidine rings is 1. The van der Waals surface area contributed by atoms with E-state index < -0.39 is 29.7 Å². The monoisotopic (exact) mass is 427 g/mol. The maximum atomic E-state index is 12.9. The summed E-state index contributed by atoms with van der Waals surface area (Å²) >= 11 is 0. The van der Waals surface area contributed by atoms with E-state index in [9.17, 15) is 24.0 Å². The molecule has 4 amide bonds. The minimum absolute atomic E-state index is 0.0330. The summed E-state index contributed by atoms with van der Waals surface area (Å²) in [5.74, 6) is -1.64. The third-order valence-electron chi connectivity index (χ3n) is 6.20. The largest absolute Gasteiger partial charge is 0.490 e. The Morgan fingerprint density at radius 1 is 1.16 bits per heavy atom.